The highest BCUT2D eigenvalue weighted by Crippen LogP contribution is 2.12. The Balaban J connectivity index is 1.55. The van der Waals surface area contributed by atoms with Crippen molar-refractivity contribution in [3.8, 4) is 0 Å². The lowest BCUT2D eigenvalue weighted by Gasteiger charge is -2.32. The van der Waals surface area contributed by atoms with Gasteiger partial charge in [0.15, 0.2) is 11.5 Å². The third-order valence-electron chi connectivity index (χ3n) is 4.04. The summed E-state index contributed by atoms with van der Waals surface area (Å²) < 4.78 is 12.9. The van der Waals surface area contributed by atoms with E-state index in [4.69, 9.17) is 0 Å². The summed E-state index contributed by atoms with van der Waals surface area (Å²) >= 11 is 0. The minimum Gasteiger partial charge on any atom is -0.352 e. The second-order valence-corrected chi connectivity index (χ2v) is 5.71. The Hall–Kier alpha value is -3.03. The molecule has 0 unspecified atom stereocenters. The van der Waals surface area contributed by atoms with Crippen LogP contribution in [-0.4, -0.2) is 53.6 Å². The van der Waals surface area contributed by atoms with Crippen LogP contribution in [0, 0.1) is 5.82 Å². The van der Waals surface area contributed by atoms with Gasteiger partial charge in [0.25, 0.3) is 5.91 Å². The molecule has 2 amide bonds. The topological polar surface area (TPSA) is 78.4 Å². The molecule has 7 nitrogen and oxygen atoms in total. The standard InChI is InChI=1S/C17H18FN5O2/c18-14-3-1-13(2-4-14)11-19-17(25)15-5-6-16(21-20-15)23-9-7-22(12-24)8-10-23/h1-6,12H,7-11H2,(H,19,25). The van der Waals surface area contributed by atoms with Crippen molar-refractivity contribution in [1.82, 2.24) is 20.4 Å². The molecule has 3 rings (SSSR count). The maximum absolute atomic E-state index is 12.9. The lowest BCUT2D eigenvalue weighted by molar-refractivity contribution is -0.118. The number of nitrogens with zero attached hydrogens (tertiary/aromatic N) is 4. The molecule has 0 spiro atoms. The zero-order chi connectivity index (χ0) is 17.6. The lowest BCUT2D eigenvalue weighted by Crippen LogP contribution is -2.46. The monoisotopic (exact) mass is 343 g/mol. The number of aromatic nitrogens is 2. The van der Waals surface area contributed by atoms with Crippen molar-refractivity contribution in [3.63, 3.8) is 0 Å². The van der Waals surface area contributed by atoms with Crippen LogP contribution >= 0.6 is 0 Å². The molecule has 0 atom stereocenters. The number of benzene rings is 1. The number of nitrogens with one attached hydrogen (secondary N) is 1. The van der Waals surface area contributed by atoms with Gasteiger partial charge in [-0.05, 0) is 29.8 Å². The van der Waals surface area contributed by atoms with Crippen LogP contribution in [-0.2, 0) is 11.3 Å². The van der Waals surface area contributed by atoms with Gasteiger partial charge in [0.2, 0.25) is 6.41 Å². The Labute approximate surface area is 144 Å². The molecule has 0 aliphatic carbocycles. The maximum Gasteiger partial charge on any atom is 0.272 e. The number of hydrogen-bond acceptors (Lipinski definition) is 5. The number of hydrogen-bond donors (Lipinski definition) is 1. The molecular weight excluding hydrogens is 325 g/mol. The molecule has 1 fully saturated rings. The minimum atomic E-state index is -0.339. The molecule has 0 radical (unpaired) electrons. The molecule has 1 N–H and O–H groups in total. The fourth-order valence-corrected chi connectivity index (χ4v) is 2.55. The first kappa shape index (κ1) is 16.8. The first-order valence-corrected chi connectivity index (χ1v) is 7.96. The molecular formula is C17H18FN5O2. The van der Waals surface area contributed by atoms with E-state index < -0.39 is 0 Å². The van der Waals surface area contributed by atoms with Crippen molar-refractivity contribution >= 4 is 18.1 Å². The summed E-state index contributed by atoms with van der Waals surface area (Å²) in [4.78, 5) is 26.6. The lowest BCUT2D eigenvalue weighted by atomic mass is 10.2. The molecule has 8 heteroatoms. The van der Waals surface area contributed by atoms with Gasteiger partial charge < -0.3 is 15.1 Å². The SMILES string of the molecule is O=CN1CCN(c2ccc(C(=O)NCc3ccc(F)cc3)nn2)CC1. The van der Waals surface area contributed by atoms with Crippen LogP contribution in [0.5, 0.6) is 0 Å². The molecule has 1 saturated heterocycles. The number of rotatable bonds is 5. The maximum atomic E-state index is 12.9. The van der Waals surface area contributed by atoms with Crippen molar-refractivity contribution in [2.24, 2.45) is 0 Å². The van der Waals surface area contributed by atoms with E-state index >= 15 is 0 Å². The van der Waals surface area contributed by atoms with Gasteiger partial charge in [0.1, 0.15) is 5.82 Å². The minimum absolute atomic E-state index is 0.220. The quantitative estimate of drug-likeness (QED) is 0.814. The van der Waals surface area contributed by atoms with E-state index in [1.54, 1.807) is 29.2 Å². The molecule has 25 heavy (non-hydrogen) atoms. The Bertz CT molecular complexity index is 728. The normalized spacial score (nSPS) is 14.3. The molecule has 1 aromatic heterocycles. The molecule has 2 aromatic rings. The molecule has 1 aliphatic rings. The average molecular weight is 343 g/mol. The van der Waals surface area contributed by atoms with Gasteiger partial charge in [-0.25, -0.2) is 4.39 Å². The van der Waals surface area contributed by atoms with E-state index in [1.165, 1.54) is 12.1 Å². The summed E-state index contributed by atoms with van der Waals surface area (Å²) in [6, 6.07) is 9.29. The third-order valence-corrected chi connectivity index (χ3v) is 4.04. The second kappa shape index (κ2) is 7.69. The highest BCUT2D eigenvalue weighted by molar-refractivity contribution is 5.92. The van der Waals surface area contributed by atoms with Crippen LogP contribution in [0.3, 0.4) is 0 Å². The van der Waals surface area contributed by atoms with Gasteiger partial charge in [-0.2, -0.15) is 0 Å². The summed E-state index contributed by atoms with van der Waals surface area (Å²) in [5.74, 6) is 0.0280. The van der Waals surface area contributed by atoms with Gasteiger partial charge in [0.05, 0.1) is 0 Å². The van der Waals surface area contributed by atoms with E-state index in [0.29, 0.717) is 32.0 Å². The van der Waals surface area contributed by atoms with E-state index in [0.717, 1.165) is 12.0 Å². The number of halogens is 1. The number of amides is 2. The van der Waals surface area contributed by atoms with Crippen molar-refractivity contribution in [3.05, 3.63) is 53.5 Å². The Kier molecular flexibility index (Phi) is 5.17. The summed E-state index contributed by atoms with van der Waals surface area (Å²) in [7, 11) is 0. The average Bonchev–Trinajstić information content (AvgIpc) is 2.67. The number of carbonyl (C=O) groups excluding carboxylic acids is 2. The molecule has 1 aliphatic heterocycles. The van der Waals surface area contributed by atoms with Crippen molar-refractivity contribution < 1.29 is 14.0 Å². The highest BCUT2D eigenvalue weighted by Gasteiger charge is 2.17. The molecule has 1 aromatic carbocycles. The van der Waals surface area contributed by atoms with Crippen LogP contribution in [0.15, 0.2) is 36.4 Å². The van der Waals surface area contributed by atoms with Crippen LogP contribution < -0.4 is 10.2 Å². The Morgan fingerprint density at radius 1 is 1.08 bits per heavy atom. The van der Waals surface area contributed by atoms with Crippen molar-refractivity contribution in [2.45, 2.75) is 6.54 Å². The zero-order valence-corrected chi connectivity index (χ0v) is 13.6. The summed E-state index contributed by atoms with van der Waals surface area (Å²) in [5, 5.41) is 10.8. The number of anilines is 1. The van der Waals surface area contributed by atoms with E-state index in [-0.39, 0.29) is 24.0 Å². The van der Waals surface area contributed by atoms with Crippen LogP contribution in [0.1, 0.15) is 16.1 Å². The van der Waals surface area contributed by atoms with E-state index in [2.05, 4.69) is 15.5 Å². The van der Waals surface area contributed by atoms with Crippen LogP contribution in [0.25, 0.3) is 0 Å². The van der Waals surface area contributed by atoms with E-state index in [9.17, 15) is 14.0 Å². The Morgan fingerprint density at radius 3 is 2.40 bits per heavy atom. The fourth-order valence-electron chi connectivity index (χ4n) is 2.55. The van der Waals surface area contributed by atoms with Crippen molar-refractivity contribution in [1.29, 1.82) is 0 Å². The second-order valence-electron chi connectivity index (χ2n) is 5.71. The van der Waals surface area contributed by atoms with E-state index in [1.807, 2.05) is 4.90 Å². The van der Waals surface area contributed by atoms with Crippen LogP contribution in [0.4, 0.5) is 10.2 Å². The summed E-state index contributed by atoms with van der Waals surface area (Å²) in [6.07, 6.45) is 0.845. The number of piperazine rings is 1. The predicted octanol–water partition coefficient (Wildman–Crippen LogP) is 0.824. The highest BCUT2D eigenvalue weighted by atomic mass is 19.1. The van der Waals surface area contributed by atoms with Gasteiger partial charge in [-0.15, -0.1) is 10.2 Å². The molecule has 2 heterocycles. The Morgan fingerprint density at radius 2 is 1.80 bits per heavy atom. The zero-order valence-electron chi connectivity index (χ0n) is 13.6. The van der Waals surface area contributed by atoms with Gasteiger partial charge >= 0.3 is 0 Å². The van der Waals surface area contributed by atoms with Crippen LogP contribution in [0.2, 0.25) is 0 Å². The summed E-state index contributed by atoms with van der Waals surface area (Å²) in [6.45, 7) is 2.94. The third kappa shape index (κ3) is 4.28. The molecule has 0 saturated carbocycles. The molecule has 0 bridgehead atoms. The first-order valence-electron chi connectivity index (χ1n) is 7.96. The van der Waals surface area contributed by atoms with Gasteiger partial charge in [-0.3, -0.25) is 9.59 Å². The number of carbonyl (C=O) groups is 2. The first-order chi connectivity index (χ1) is 12.2. The van der Waals surface area contributed by atoms with Gasteiger partial charge in [-0.1, -0.05) is 12.1 Å². The van der Waals surface area contributed by atoms with Crippen molar-refractivity contribution in [2.75, 3.05) is 31.1 Å². The largest absolute Gasteiger partial charge is 0.352 e. The summed E-state index contributed by atoms with van der Waals surface area (Å²) in [5.41, 5.74) is 1.02. The smallest absolute Gasteiger partial charge is 0.272 e. The fraction of sp³-hybridized carbons (Fsp3) is 0.294. The van der Waals surface area contributed by atoms with Gasteiger partial charge in [0, 0.05) is 32.7 Å². The predicted molar refractivity (Wildman–Crippen MR) is 89.5 cm³/mol. The molecule has 130 valence electrons.